The topological polar surface area (TPSA) is 72.9 Å². The van der Waals surface area contributed by atoms with Crippen LogP contribution in [0.3, 0.4) is 0 Å². The molecule has 0 saturated heterocycles. The van der Waals surface area contributed by atoms with Gasteiger partial charge in [-0.1, -0.05) is 6.07 Å². The lowest BCUT2D eigenvalue weighted by Gasteiger charge is -2.16. The van der Waals surface area contributed by atoms with Crippen molar-refractivity contribution in [2.24, 2.45) is 0 Å². The molecular weight excluding hydrogens is 250 g/mol. The molecule has 102 valence electrons. The highest BCUT2D eigenvalue weighted by Crippen LogP contribution is 2.20. The van der Waals surface area contributed by atoms with E-state index in [-0.39, 0.29) is 13.2 Å². The molecule has 0 spiro atoms. The number of benzene rings is 1. The van der Waals surface area contributed by atoms with Gasteiger partial charge in [-0.15, -0.1) is 0 Å². The zero-order valence-electron chi connectivity index (χ0n) is 10.8. The van der Waals surface area contributed by atoms with Gasteiger partial charge in [0.15, 0.2) is 0 Å². The monoisotopic (exact) mass is 265 g/mol. The van der Waals surface area contributed by atoms with Crippen molar-refractivity contribution in [3.63, 3.8) is 0 Å². The lowest BCUT2D eigenvalue weighted by molar-refractivity contribution is -0.142. The van der Waals surface area contributed by atoms with Gasteiger partial charge >= 0.3 is 11.9 Å². The summed E-state index contributed by atoms with van der Waals surface area (Å²) in [5.41, 5.74) is 0.446. The third-order valence-corrected chi connectivity index (χ3v) is 2.14. The molecule has 0 heterocycles. The standard InChI is InChI=1S/C13H15NO5/c1-3-18-13(17)8-14(9-15)11-5-4-6-12(7-11)19-10(2)16/h4-7,9H,3,8H2,1-2H3. The lowest BCUT2D eigenvalue weighted by Crippen LogP contribution is -2.29. The highest BCUT2D eigenvalue weighted by atomic mass is 16.5. The lowest BCUT2D eigenvalue weighted by atomic mass is 10.3. The number of amides is 1. The van der Waals surface area contributed by atoms with Crippen LogP contribution in [0.15, 0.2) is 24.3 Å². The largest absolute Gasteiger partial charge is 0.465 e. The Bertz CT molecular complexity index is 472. The molecule has 0 aliphatic heterocycles. The molecule has 19 heavy (non-hydrogen) atoms. The van der Waals surface area contributed by atoms with E-state index >= 15 is 0 Å². The van der Waals surface area contributed by atoms with Crippen molar-refractivity contribution in [1.82, 2.24) is 0 Å². The van der Waals surface area contributed by atoms with Gasteiger partial charge in [-0.2, -0.15) is 0 Å². The van der Waals surface area contributed by atoms with Gasteiger partial charge in [-0.25, -0.2) is 0 Å². The van der Waals surface area contributed by atoms with Crippen LogP contribution in [0.1, 0.15) is 13.8 Å². The number of rotatable bonds is 6. The summed E-state index contributed by atoms with van der Waals surface area (Å²) in [6.45, 7) is 3.02. The second-order valence-corrected chi connectivity index (χ2v) is 3.63. The van der Waals surface area contributed by atoms with E-state index in [2.05, 4.69) is 0 Å². The quantitative estimate of drug-likeness (QED) is 0.438. The Morgan fingerprint density at radius 3 is 2.68 bits per heavy atom. The summed E-state index contributed by atoms with van der Waals surface area (Å²) in [6, 6.07) is 6.32. The van der Waals surface area contributed by atoms with Gasteiger partial charge in [0.1, 0.15) is 12.3 Å². The van der Waals surface area contributed by atoms with Crippen LogP contribution >= 0.6 is 0 Å². The maximum atomic E-state index is 11.3. The molecule has 0 unspecified atom stereocenters. The third-order valence-electron chi connectivity index (χ3n) is 2.14. The minimum absolute atomic E-state index is 0.194. The molecular formula is C13H15NO5. The zero-order chi connectivity index (χ0) is 14.3. The SMILES string of the molecule is CCOC(=O)CN(C=O)c1cccc(OC(C)=O)c1. The Labute approximate surface area is 110 Å². The molecule has 1 aromatic rings. The van der Waals surface area contributed by atoms with Gasteiger partial charge in [0, 0.05) is 18.7 Å². The Morgan fingerprint density at radius 2 is 2.11 bits per heavy atom. The van der Waals surface area contributed by atoms with E-state index in [1.807, 2.05) is 0 Å². The van der Waals surface area contributed by atoms with Crippen LogP contribution in [0.2, 0.25) is 0 Å². The highest BCUT2D eigenvalue weighted by Gasteiger charge is 2.12. The van der Waals surface area contributed by atoms with Gasteiger partial charge in [-0.05, 0) is 19.1 Å². The number of anilines is 1. The minimum atomic E-state index is -0.507. The molecule has 6 nitrogen and oxygen atoms in total. The van der Waals surface area contributed by atoms with Crippen molar-refractivity contribution in [2.75, 3.05) is 18.1 Å². The number of hydrogen-bond donors (Lipinski definition) is 0. The van der Waals surface area contributed by atoms with E-state index in [0.29, 0.717) is 17.8 Å². The number of hydrogen-bond acceptors (Lipinski definition) is 5. The van der Waals surface area contributed by atoms with Crippen LogP contribution < -0.4 is 9.64 Å². The molecule has 0 N–H and O–H groups in total. The summed E-state index contributed by atoms with van der Waals surface area (Å²) >= 11 is 0. The van der Waals surface area contributed by atoms with Crippen LogP contribution in [-0.2, 0) is 19.1 Å². The Hall–Kier alpha value is -2.37. The van der Waals surface area contributed by atoms with E-state index in [1.165, 1.54) is 17.9 Å². The second kappa shape index (κ2) is 7.15. The average molecular weight is 265 g/mol. The number of carbonyl (C=O) groups excluding carboxylic acids is 3. The van der Waals surface area contributed by atoms with Crippen molar-refractivity contribution in [1.29, 1.82) is 0 Å². The molecule has 6 heteroatoms. The van der Waals surface area contributed by atoms with Crippen molar-refractivity contribution in [3.8, 4) is 5.75 Å². The second-order valence-electron chi connectivity index (χ2n) is 3.63. The average Bonchev–Trinajstić information content (AvgIpc) is 2.35. The molecule has 0 aromatic heterocycles. The van der Waals surface area contributed by atoms with E-state index in [9.17, 15) is 14.4 Å². The van der Waals surface area contributed by atoms with Crippen molar-refractivity contribution >= 4 is 24.0 Å². The number of ether oxygens (including phenoxy) is 2. The third kappa shape index (κ3) is 4.79. The summed E-state index contributed by atoms with van der Waals surface area (Å²) in [5, 5.41) is 0. The molecule has 0 saturated carbocycles. The number of nitrogens with zero attached hydrogens (tertiary/aromatic N) is 1. The predicted octanol–water partition coefficient (Wildman–Crippen LogP) is 1.14. The first-order valence-electron chi connectivity index (χ1n) is 5.73. The van der Waals surface area contributed by atoms with Crippen LogP contribution in [0.5, 0.6) is 5.75 Å². The van der Waals surface area contributed by atoms with Crippen molar-refractivity contribution < 1.29 is 23.9 Å². The van der Waals surface area contributed by atoms with Crippen molar-refractivity contribution in [3.05, 3.63) is 24.3 Å². The fraction of sp³-hybridized carbons (Fsp3) is 0.308. The van der Waals surface area contributed by atoms with E-state index < -0.39 is 11.9 Å². The highest BCUT2D eigenvalue weighted by molar-refractivity contribution is 5.86. The molecule has 0 aliphatic rings. The van der Waals surface area contributed by atoms with Gasteiger partial charge in [0.05, 0.1) is 6.61 Å². The first kappa shape index (κ1) is 14.7. The van der Waals surface area contributed by atoms with Crippen LogP contribution in [-0.4, -0.2) is 31.5 Å². The molecule has 1 aromatic carbocycles. The fourth-order valence-electron chi connectivity index (χ4n) is 1.43. The smallest absolute Gasteiger partial charge is 0.326 e. The van der Waals surface area contributed by atoms with E-state index in [4.69, 9.17) is 9.47 Å². The Kier molecular flexibility index (Phi) is 5.53. The number of esters is 2. The van der Waals surface area contributed by atoms with Gasteiger partial charge in [0.2, 0.25) is 6.41 Å². The molecule has 0 radical (unpaired) electrons. The molecule has 0 bridgehead atoms. The van der Waals surface area contributed by atoms with E-state index in [1.54, 1.807) is 25.1 Å². The molecule has 1 amide bonds. The zero-order valence-corrected chi connectivity index (χ0v) is 10.8. The summed E-state index contributed by atoms with van der Waals surface area (Å²) in [4.78, 5) is 34.3. The van der Waals surface area contributed by atoms with Crippen molar-refractivity contribution in [2.45, 2.75) is 13.8 Å². The fourth-order valence-corrected chi connectivity index (χ4v) is 1.43. The van der Waals surface area contributed by atoms with Gasteiger partial charge in [0.25, 0.3) is 0 Å². The first-order valence-corrected chi connectivity index (χ1v) is 5.73. The van der Waals surface area contributed by atoms with Crippen LogP contribution in [0, 0.1) is 0 Å². The minimum Gasteiger partial charge on any atom is -0.465 e. The van der Waals surface area contributed by atoms with Crippen LogP contribution in [0.25, 0.3) is 0 Å². The summed E-state index contributed by atoms with van der Waals surface area (Å²) in [6.07, 6.45) is 0.518. The van der Waals surface area contributed by atoms with Gasteiger partial charge in [-0.3, -0.25) is 14.4 Å². The molecule has 0 aliphatic carbocycles. The summed E-state index contributed by atoms with van der Waals surface area (Å²) in [5.74, 6) is -0.659. The maximum absolute atomic E-state index is 11.3. The summed E-state index contributed by atoms with van der Waals surface area (Å²) in [7, 11) is 0. The normalized spacial score (nSPS) is 9.58. The molecule has 1 rings (SSSR count). The first-order chi connectivity index (χ1) is 9.06. The number of carbonyl (C=O) groups is 3. The molecule has 0 fully saturated rings. The van der Waals surface area contributed by atoms with Gasteiger partial charge < -0.3 is 14.4 Å². The molecule has 0 atom stereocenters. The Morgan fingerprint density at radius 1 is 1.37 bits per heavy atom. The summed E-state index contributed by atoms with van der Waals surface area (Å²) < 4.78 is 9.67. The maximum Gasteiger partial charge on any atom is 0.326 e. The predicted molar refractivity (Wildman–Crippen MR) is 67.8 cm³/mol. The van der Waals surface area contributed by atoms with Crippen LogP contribution in [0.4, 0.5) is 5.69 Å². The Balaban J connectivity index is 2.83. The van der Waals surface area contributed by atoms with E-state index in [0.717, 1.165) is 0 Å².